The number of hydrogen-bond acceptors (Lipinski definition) is 4. The summed E-state index contributed by atoms with van der Waals surface area (Å²) >= 11 is 0. The maximum Gasteiger partial charge on any atom is 0.208 e. The molecule has 2 heterocycles. The molecule has 0 saturated heterocycles. The second-order valence-corrected chi connectivity index (χ2v) is 4.94. The zero-order valence-corrected chi connectivity index (χ0v) is 12.2. The SMILES string of the molecule is Cc1nc(CNCc2ccn(-c3ccccc3)n2)oc1C. The van der Waals surface area contributed by atoms with E-state index in [9.17, 15) is 0 Å². The highest BCUT2D eigenvalue weighted by atomic mass is 16.4. The van der Waals surface area contributed by atoms with E-state index < -0.39 is 0 Å². The second kappa shape index (κ2) is 5.93. The molecule has 0 fully saturated rings. The van der Waals surface area contributed by atoms with Gasteiger partial charge in [-0.05, 0) is 32.0 Å². The fraction of sp³-hybridized carbons (Fsp3) is 0.250. The minimum absolute atomic E-state index is 0.604. The number of nitrogens with one attached hydrogen (secondary N) is 1. The quantitative estimate of drug-likeness (QED) is 0.782. The Hall–Kier alpha value is -2.40. The molecule has 5 nitrogen and oxygen atoms in total. The molecule has 0 unspecified atom stereocenters. The number of hydrogen-bond donors (Lipinski definition) is 1. The minimum atomic E-state index is 0.604. The Morgan fingerprint density at radius 3 is 2.62 bits per heavy atom. The van der Waals surface area contributed by atoms with Crippen LogP contribution in [0.4, 0.5) is 0 Å². The molecule has 0 bridgehead atoms. The van der Waals surface area contributed by atoms with Crippen LogP contribution in [0.15, 0.2) is 47.0 Å². The van der Waals surface area contributed by atoms with Gasteiger partial charge in [0.05, 0.1) is 23.6 Å². The van der Waals surface area contributed by atoms with E-state index in [0.717, 1.165) is 22.8 Å². The Labute approximate surface area is 123 Å². The van der Waals surface area contributed by atoms with Crippen LogP contribution in [0.5, 0.6) is 0 Å². The number of nitrogens with zero attached hydrogens (tertiary/aromatic N) is 3. The normalized spacial score (nSPS) is 11.0. The third kappa shape index (κ3) is 3.20. The summed E-state index contributed by atoms with van der Waals surface area (Å²) in [5.41, 5.74) is 2.99. The Balaban J connectivity index is 1.58. The van der Waals surface area contributed by atoms with E-state index in [1.54, 1.807) is 0 Å². The van der Waals surface area contributed by atoms with E-state index in [2.05, 4.69) is 15.4 Å². The summed E-state index contributed by atoms with van der Waals surface area (Å²) in [6.45, 7) is 5.16. The third-order valence-corrected chi connectivity index (χ3v) is 3.32. The van der Waals surface area contributed by atoms with Crippen LogP contribution in [0.3, 0.4) is 0 Å². The molecule has 0 aliphatic carbocycles. The van der Waals surface area contributed by atoms with Gasteiger partial charge in [-0.15, -0.1) is 0 Å². The maximum absolute atomic E-state index is 5.53. The number of rotatable bonds is 5. The molecule has 3 aromatic rings. The molecule has 1 aromatic carbocycles. The van der Waals surface area contributed by atoms with Crippen LogP contribution in [0.25, 0.3) is 5.69 Å². The summed E-state index contributed by atoms with van der Waals surface area (Å²) in [5, 5.41) is 7.83. The molecule has 3 rings (SSSR count). The van der Waals surface area contributed by atoms with Gasteiger partial charge in [0.15, 0.2) is 0 Å². The molecule has 0 aliphatic rings. The Morgan fingerprint density at radius 2 is 1.90 bits per heavy atom. The van der Waals surface area contributed by atoms with Gasteiger partial charge in [0.1, 0.15) is 5.76 Å². The second-order valence-electron chi connectivity index (χ2n) is 4.94. The van der Waals surface area contributed by atoms with Gasteiger partial charge < -0.3 is 9.73 Å². The lowest BCUT2D eigenvalue weighted by Gasteiger charge is -2.01. The van der Waals surface area contributed by atoms with Crippen molar-refractivity contribution >= 4 is 0 Å². The molecule has 0 saturated carbocycles. The van der Waals surface area contributed by atoms with Crippen LogP contribution >= 0.6 is 0 Å². The zero-order valence-electron chi connectivity index (χ0n) is 12.2. The first-order valence-electron chi connectivity index (χ1n) is 6.96. The summed E-state index contributed by atoms with van der Waals surface area (Å²) in [7, 11) is 0. The number of aryl methyl sites for hydroxylation is 2. The smallest absolute Gasteiger partial charge is 0.208 e. The molecule has 0 amide bonds. The summed E-state index contributed by atoms with van der Waals surface area (Å²) in [5.74, 6) is 1.59. The molecule has 0 radical (unpaired) electrons. The number of para-hydroxylation sites is 1. The standard InChI is InChI=1S/C16H18N4O/c1-12-13(2)21-16(18-12)11-17-10-14-8-9-20(19-14)15-6-4-3-5-7-15/h3-9,17H,10-11H2,1-2H3. The monoisotopic (exact) mass is 282 g/mol. The van der Waals surface area contributed by atoms with Crippen LogP contribution < -0.4 is 5.32 Å². The van der Waals surface area contributed by atoms with Gasteiger partial charge in [-0.2, -0.15) is 5.10 Å². The van der Waals surface area contributed by atoms with Gasteiger partial charge in [-0.1, -0.05) is 18.2 Å². The lowest BCUT2D eigenvalue weighted by molar-refractivity contribution is 0.447. The molecule has 0 spiro atoms. The Kier molecular flexibility index (Phi) is 3.83. The van der Waals surface area contributed by atoms with Gasteiger partial charge in [0, 0.05) is 12.7 Å². The van der Waals surface area contributed by atoms with Gasteiger partial charge in [-0.25, -0.2) is 9.67 Å². The van der Waals surface area contributed by atoms with Gasteiger partial charge in [-0.3, -0.25) is 0 Å². The van der Waals surface area contributed by atoms with Crippen molar-refractivity contribution < 1.29 is 4.42 Å². The van der Waals surface area contributed by atoms with E-state index in [4.69, 9.17) is 4.42 Å². The van der Waals surface area contributed by atoms with Crippen LogP contribution in [0.1, 0.15) is 23.0 Å². The minimum Gasteiger partial charge on any atom is -0.444 e. The largest absolute Gasteiger partial charge is 0.444 e. The van der Waals surface area contributed by atoms with Crippen LogP contribution in [-0.2, 0) is 13.1 Å². The number of oxazole rings is 1. The molecule has 21 heavy (non-hydrogen) atoms. The first kappa shape index (κ1) is 13.6. The van der Waals surface area contributed by atoms with Gasteiger partial charge in [0.2, 0.25) is 5.89 Å². The zero-order chi connectivity index (χ0) is 14.7. The number of aromatic nitrogens is 3. The number of benzene rings is 1. The average molecular weight is 282 g/mol. The molecule has 0 atom stereocenters. The van der Waals surface area contributed by atoms with E-state index >= 15 is 0 Å². The molecular formula is C16H18N4O. The lowest BCUT2D eigenvalue weighted by Crippen LogP contribution is -2.13. The Morgan fingerprint density at radius 1 is 1.10 bits per heavy atom. The first-order chi connectivity index (χ1) is 10.2. The molecule has 108 valence electrons. The molecular weight excluding hydrogens is 264 g/mol. The van der Waals surface area contributed by atoms with Crippen molar-refractivity contribution in [3.8, 4) is 5.69 Å². The van der Waals surface area contributed by atoms with E-state index in [1.807, 2.05) is 61.1 Å². The summed E-state index contributed by atoms with van der Waals surface area (Å²) in [6, 6.07) is 12.1. The van der Waals surface area contributed by atoms with Crippen LogP contribution in [0, 0.1) is 13.8 Å². The van der Waals surface area contributed by atoms with E-state index in [1.165, 1.54) is 0 Å². The fourth-order valence-corrected chi connectivity index (χ4v) is 2.09. The predicted molar refractivity (Wildman–Crippen MR) is 80.1 cm³/mol. The summed E-state index contributed by atoms with van der Waals surface area (Å²) in [4.78, 5) is 4.34. The van der Waals surface area contributed by atoms with Gasteiger partial charge in [0.25, 0.3) is 0 Å². The predicted octanol–water partition coefficient (Wildman–Crippen LogP) is 2.77. The summed E-state index contributed by atoms with van der Waals surface area (Å²) in [6.07, 6.45) is 1.96. The average Bonchev–Trinajstić information content (AvgIpc) is 3.08. The first-order valence-corrected chi connectivity index (χ1v) is 6.96. The van der Waals surface area contributed by atoms with E-state index in [0.29, 0.717) is 19.0 Å². The molecule has 5 heteroatoms. The van der Waals surface area contributed by atoms with Crippen molar-refractivity contribution in [3.05, 3.63) is 65.6 Å². The van der Waals surface area contributed by atoms with Crippen LogP contribution in [0.2, 0.25) is 0 Å². The van der Waals surface area contributed by atoms with Crippen LogP contribution in [-0.4, -0.2) is 14.8 Å². The topological polar surface area (TPSA) is 55.9 Å². The van der Waals surface area contributed by atoms with Crippen molar-refractivity contribution in [3.63, 3.8) is 0 Å². The highest BCUT2D eigenvalue weighted by molar-refractivity contribution is 5.30. The van der Waals surface area contributed by atoms with Crippen molar-refractivity contribution in [2.24, 2.45) is 0 Å². The maximum atomic E-state index is 5.53. The molecule has 2 aromatic heterocycles. The highest BCUT2D eigenvalue weighted by Gasteiger charge is 2.05. The molecule has 1 N–H and O–H groups in total. The molecule has 0 aliphatic heterocycles. The van der Waals surface area contributed by atoms with Gasteiger partial charge >= 0.3 is 0 Å². The Bertz CT molecular complexity index is 695. The van der Waals surface area contributed by atoms with Crippen molar-refractivity contribution in [1.82, 2.24) is 20.1 Å². The lowest BCUT2D eigenvalue weighted by atomic mass is 10.3. The van der Waals surface area contributed by atoms with Crippen molar-refractivity contribution in [2.45, 2.75) is 26.9 Å². The summed E-state index contributed by atoms with van der Waals surface area (Å²) < 4.78 is 7.40. The fourth-order valence-electron chi connectivity index (χ4n) is 2.09. The van der Waals surface area contributed by atoms with Crippen molar-refractivity contribution in [2.75, 3.05) is 0 Å². The van der Waals surface area contributed by atoms with Crippen molar-refractivity contribution in [1.29, 1.82) is 0 Å². The van der Waals surface area contributed by atoms with E-state index in [-0.39, 0.29) is 0 Å². The third-order valence-electron chi connectivity index (χ3n) is 3.32. The highest BCUT2D eigenvalue weighted by Crippen LogP contribution is 2.09.